The second-order valence-electron chi connectivity index (χ2n) is 7.01. The second kappa shape index (κ2) is 8.46. The Balaban J connectivity index is 1.83. The molecule has 1 heterocycles. The van der Waals surface area contributed by atoms with E-state index in [-0.39, 0.29) is 5.97 Å². The third-order valence-corrected chi connectivity index (χ3v) is 5.18. The van der Waals surface area contributed by atoms with Gasteiger partial charge in [-0.15, -0.1) is 0 Å². The Kier molecular flexibility index (Phi) is 5.57. The van der Waals surface area contributed by atoms with Crippen molar-refractivity contribution in [1.29, 1.82) is 0 Å². The Morgan fingerprint density at radius 2 is 1.77 bits per heavy atom. The zero-order valence-electron chi connectivity index (χ0n) is 17.4. The van der Waals surface area contributed by atoms with E-state index in [4.69, 9.17) is 13.9 Å². The van der Waals surface area contributed by atoms with E-state index in [1.54, 1.807) is 26.2 Å². The van der Waals surface area contributed by atoms with Crippen molar-refractivity contribution in [1.82, 2.24) is 0 Å². The van der Waals surface area contributed by atoms with Crippen LogP contribution in [-0.4, -0.2) is 19.7 Å². The average Bonchev–Trinajstić information content (AvgIpc) is 3.16. The van der Waals surface area contributed by atoms with Crippen LogP contribution in [-0.2, 0) is 4.74 Å². The van der Waals surface area contributed by atoms with Gasteiger partial charge in [0.25, 0.3) is 0 Å². The summed E-state index contributed by atoms with van der Waals surface area (Å²) in [5.74, 6) is 0.455. The minimum Gasteiger partial charge on any atom is -0.497 e. The summed E-state index contributed by atoms with van der Waals surface area (Å²) in [6.45, 7) is 4.30. The molecule has 0 unspecified atom stereocenters. The van der Waals surface area contributed by atoms with Crippen LogP contribution in [0.2, 0.25) is 0 Å². The van der Waals surface area contributed by atoms with Crippen molar-refractivity contribution in [3.05, 3.63) is 77.4 Å². The number of ether oxygens (including phenoxy) is 2. The summed E-state index contributed by atoms with van der Waals surface area (Å²) in [5, 5.41) is 2.17. The van der Waals surface area contributed by atoms with Crippen LogP contribution in [0.1, 0.15) is 41.8 Å². The molecule has 4 aromatic rings. The minimum atomic E-state index is -0.303. The van der Waals surface area contributed by atoms with E-state index in [0.29, 0.717) is 12.2 Å². The van der Waals surface area contributed by atoms with Crippen molar-refractivity contribution in [2.24, 2.45) is 0 Å². The first-order chi connectivity index (χ1) is 14.6. The number of carbonyl (C=O) groups is 1. The molecule has 0 saturated carbocycles. The molecule has 4 heteroatoms. The van der Waals surface area contributed by atoms with Gasteiger partial charge in [0.15, 0.2) is 0 Å². The SMILES string of the molecule is CCOC(=O)c1ccc(/C=C(\CC)c2cc(OC)cc3oc4ccccc4c23)cc1. The summed E-state index contributed by atoms with van der Waals surface area (Å²) in [7, 11) is 1.66. The van der Waals surface area contributed by atoms with E-state index in [1.165, 1.54) is 0 Å². The lowest BCUT2D eigenvalue weighted by atomic mass is 9.95. The first kappa shape index (κ1) is 19.8. The molecule has 0 fully saturated rings. The summed E-state index contributed by atoms with van der Waals surface area (Å²) >= 11 is 0. The van der Waals surface area contributed by atoms with Gasteiger partial charge in [-0.2, -0.15) is 0 Å². The molecule has 0 N–H and O–H groups in total. The number of esters is 1. The van der Waals surface area contributed by atoms with Crippen molar-refractivity contribution in [2.45, 2.75) is 20.3 Å². The molecular formula is C26H24O4. The fourth-order valence-electron chi connectivity index (χ4n) is 3.70. The van der Waals surface area contributed by atoms with Crippen LogP contribution in [0.4, 0.5) is 0 Å². The lowest BCUT2D eigenvalue weighted by Gasteiger charge is -2.10. The number of benzene rings is 3. The summed E-state index contributed by atoms with van der Waals surface area (Å²) in [6, 6.07) is 19.5. The van der Waals surface area contributed by atoms with Gasteiger partial charge in [-0.05, 0) is 54.3 Å². The van der Waals surface area contributed by atoms with E-state index < -0.39 is 0 Å². The lowest BCUT2D eigenvalue weighted by molar-refractivity contribution is 0.0526. The number of methoxy groups -OCH3 is 1. The van der Waals surface area contributed by atoms with Crippen molar-refractivity contribution >= 4 is 39.6 Å². The van der Waals surface area contributed by atoms with Gasteiger partial charge in [0.05, 0.1) is 19.3 Å². The third-order valence-electron chi connectivity index (χ3n) is 5.18. The average molecular weight is 400 g/mol. The maximum Gasteiger partial charge on any atom is 0.338 e. The molecule has 0 aliphatic carbocycles. The van der Waals surface area contributed by atoms with Crippen molar-refractivity contribution in [3.63, 3.8) is 0 Å². The number of rotatable bonds is 6. The fraction of sp³-hybridized carbons (Fsp3) is 0.192. The monoisotopic (exact) mass is 400 g/mol. The molecule has 0 saturated heterocycles. The topological polar surface area (TPSA) is 48.7 Å². The Labute approximate surface area is 175 Å². The molecule has 4 nitrogen and oxygen atoms in total. The molecule has 152 valence electrons. The molecule has 3 aromatic carbocycles. The Hall–Kier alpha value is -3.53. The van der Waals surface area contributed by atoms with E-state index in [2.05, 4.69) is 25.1 Å². The number of para-hydroxylation sites is 1. The highest BCUT2D eigenvalue weighted by Crippen LogP contribution is 2.38. The van der Waals surface area contributed by atoms with Crippen LogP contribution in [0.15, 0.2) is 65.1 Å². The van der Waals surface area contributed by atoms with Crippen LogP contribution in [0, 0.1) is 0 Å². The maximum absolute atomic E-state index is 11.9. The number of allylic oxidation sites excluding steroid dienone is 1. The van der Waals surface area contributed by atoms with Gasteiger partial charge < -0.3 is 13.9 Å². The van der Waals surface area contributed by atoms with Crippen LogP contribution in [0.5, 0.6) is 5.75 Å². The fourth-order valence-corrected chi connectivity index (χ4v) is 3.70. The molecule has 0 amide bonds. The number of carbonyl (C=O) groups excluding carboxylic acids is 1. The number of fused-ring (bicyclic) bond motifs is 3. The summed E-state index contributed by atoms with van der Waals surface area (Å²) in [6.07, 6.45) is 2.98. The van der Waals surface area contributed by atoms with E-state index in [0.717, 1.165) is 50.8 Å². The van der Waals surface area contributed by atoms with Gasteiger partial charge in [-0.25, -0.2) is 4.79 Å². The Morgan fingerprint density at radius 1 is 1.00 bits per heavy atom. The van der Waals surface area contributed by atoms with E-state index >= 15 is 0 Å². The first-order valence-electron chi connectivity index (χ1n) is 10.1. The van der Waals surface area contributed by atoms with Gasteiger partial charge in [0.1, 0.15) is 16.9 Å². The highest BCUT2D eigenvalue weighted by atomic mass is 16.5. The van der Waals surface area contributed by atoms with E-state index in [1.807, 2.05) is 36.4 Å². The third kappa shape index (κ3) is 3.69. The van der Waals surface area contributed by atoms with Crippen LogP contribution in [0.25, 0.3) is 33.6 Å². The maximum atomic E-state index is 11.9. The summed E-state index contributed by atoms with van der Waals surface area (Å²) in [5.41, 5.74) is 5.49. The van der Waals surface area contributed by atoms with Gasteiger partial charge in [-0.3, -0.25) is 0 Å². The Morgan fingerprint density at radius 3 is 2.47 bits per heavy atom. The lowest BCUT2D eigenvalue weighted by Crippen LogP contribution is -2.04. The molecule has 0 aliphatic rings. The minimum absolute atomic E-state index is 0.303. The predicted octanol–water partition coefficient (Wildman–Crippen LogP) is 6.72. The van der Waals surface area contributed by atoms with Gasteiger partial charge in [0.2, 0.25) is 0 Å². The predicted molar refractivity (Wildman–Crippen MR) is 121 cm³/mol. The van der Waals surface area contributed by atoms with Gasteiger partial charge in [-0.1, -0.05) is 43.3 Å². The molecule has 0 aliphatic heterocycles. The van der Waals surface area contributed by atoms with Gasteiger partial charge in [0, 0.05) is 16.8 Å². The highest BCUT2D eigenvalue weighted by molar-refractivity contribution is 6.11. The summed E-state index contributed by atoms with van der Waals surface area (Å²) in [4.78, 5) is 11.9. The smallest absolute Gasteiger partial charge is 0.338 e. The molecule has 0 bridgehead atoms. The number of hydrogen-bond donors (Lipinski definition) is 0. The normalized spacial score (nSPS) is 11.8. The number of furan rings is 1. The molecule has 30 heavy (non-hydrogen) atoms. The molecule has 0 radical (unpaired) electrons. The molecule has 1 aromatic heterocycles. The first-order valence-corrected chi connectivity index (χ1v) is 10.1. The summed E-state index contributed by atoms with van der Waals surface area (Å²) < 4.78 is 16.7. The highest BCUT2D eigenvalue weighted by Gasteiger charge is 2.15. The standard InChI is InChI=1S/C26H24O4/c1-4-18(14-17-10-12-19(13-11-17)26(27)29-5-2)22-15-20(28-3)16-24-25(22)21-8-6-7-9-23(21)30-24/h6-16H,4-5H2,1-3H3/b18-14+. The quantitative estimate of drug-likeness (QED) is 0.266. The zero-order chi connectivity index (χ0) is 21.1. The number of hydrogen-bond acceptors (Lipinski definition) is 4. The van der Waals surface area contributed by atoms with Crippen molar-refractivity contribution in [3.8, 4) is 5.75 Å². The van der Waals surface area contributed by atoms with Crippen LogP contribution >= 0.6 is 0 Å². The second-order valence-corrected chi connectivity index (χ2v) is 7.01. The zero-order valence-corrected chi connectivity index (χ0v) is 17.4. The molecule has 0 atom stereocenters. The van der Waals surface area contributed by atoms with Crippen LogP contribution < -0.4 is 4.74 Å². The Bertz CT molecular complexity index is 1230. The molecular weight excluding hydrogens is 376 g/mol. The molecule has 0 spiro atoms. The van der Waals surface area contributed by atoms with E-state index in [9.17, 15) is 4.79 Å². The largest absolute Gasteiger partial charge is 0.497 e. The van der Waals surface area contributed by atoms with Crippen LogP contribution in [0.3, 0.4) is 0 Å². The van der Waals surface area contributed by atoms with Gasteiger partial charge >= 0.3 is 5.97 Å². The molecule has 4 rings (SSSR count). The van der Waals surface area contributed by atoms with Crippen molar-refractivity contribution < 1.29 is 18.7 Å². The van der Waals surface area contributed by atoms with Crippen molar-refractivity contribution in [2.75, 3.05) is 13.7 Å².